The van der Waals surface area contributed by atoms with E-state index >= 15 is 0 Å². The van der Waals surface area contributed by atoms with Crippen molar-refractivity contribution in [3.63, 3.8) is 0 Å². The molecule has 1 rings (SSSR count). The van der Waals surface area contributed by atoms with Crippen molar-refractivity contribution in [2.24, 2.45) is 0 Å². The van der Waals surface area contributed by atoms with Crippen LogP contribution in [0.5, 0.6) is 0 Å². The summed E-state index contributed by atoms with van der Waals surface area (Å²) in [6, 6.07) is 6.45. The van der Waals surface area contributed by atoms with E-state index in [1.165, 1.54) is 19.1 Å². The zero-order valence-corrected chi connectivity index (χ0v) is 10.8. The molecule has 0 aromatic heterocycles. The molecule has 0 aliphatic rings. The molecule has 0 N–H and O–H groups in total. The van der Waals surface area contributed by atoms with E-state index in [0.717, 1.165) is 5.56 Å². The first-order valence-corrected chi connectivity index (χ1v) is 6.78. The molecule has 0 amide bonds. The molecule has 0 saturated carbocycles. The SMILES string of the molecule is CC(=O)CCCOS(=O)(=O)c1ccc(C)cc1. The second-order valence-corrected chi connectivity index (χ2v) is 5.51. The molecule has 0 aliphatic heterocycles. The maximum absolute atomic E-state index is 11.7. The van der Waals surface area contributed by atoms with Gasteiger partial charge < -0.3 is 4.79 Å². The predicted molar refractivity (Wildman–Crippen MR) is 64.2 cm³/mol. The standard InChI is InChI=1S/C12H16O4S/c1-10-5-7-12(8-6-10)17(14,15)16-9-3-4-11(2)13/h5-8H,3-4,9H2,1-2H3. The van der Waals surface area contributed by atoms with Crippen molar-refractivity contribution in [1.29, 1.82) is 0 Å². The van der Waals surface area contributed by atoms with E-state index in [-0.39, 0.29) is 17.3 Å². The van der Waals surface area contributed by atoms with Gasteiger partial charge in [-0.25, -0.2) is 0 Å². The van der Waals surface area contributed by atoms with Crippen LogP contribution >= 0.6 is 0 Å². The van der Waals surface area contributed by atoms with E-state index in [4.69, 9.17) is 4.18 Å². The number of carbonyl (C=O) groups is 1. The molecule has 0 spiro atoms. The maximum Gasteiger partial charge on any atom is 0.296 e. The van der Waals surface area contributed by atoms with Gasteiger partial charge in [-0.05, 0) is 32.4 Å². The number of carbonyl (C=O) groups excluding carboxylic acids is 1. The molecular formula is C12H16O4S. The zero-order chi connectivity index (χ0) is 12.9. The molecule has 0 bridgehead atoms. The molecule has 1 aromatic rings. The van der Waals surface area contributed by atoms with Crippen molar-refractivity contribution in [2.45, 2.75) is 31.6 Å². The fourth-order valence-corrected chi connectivity index (χ4v) is 2.21. The summed E-state index contributed by atoms with van der Waals surface area (Å²) in [5.41, 5.74) is 0.987. The molecule has 0 aliphatic carbocycles. The van der Waals surface area contributed by atoms with E-state index in [1.807, 2.05) is 6.92 Å². The minimum absolute atomic E-state index is 0.0290. The van der Waals surface area contributed by atoms with Gasteiger partial charge in [-0.3, -0.25) is 4.18 Å². The Bertz CT molecular complexity index is 474. The van der Waals surface area contributed by atoms with Crippen LogP contribution in [-0.2, 0) is 19.1 Å². The number of aryl methyl sites for hydroxylation is 1. The highest BCUT2D eigenvalue weighted by Crippen LogP contribution is 2.13. The van der Waals surface area contributed by atoms with Crippen LogP contribution in [0.25, 0.3) is 0 Å². The highest BCUT2D eigenvalue weighted by molar-refractivity contribution is 7.86. The molecule has 0 saturated heterocycles. The average Bonchev–Trinajstić information content (AvgIpc) is 2.25. The monoisotopic (exact) mass is 256 g/mol. The van der Waals surface area contributed by atoms with E-state index in [1.54, 1.807) is 12.1 Å². The van der Waals surface area contributed by atoms with Crippen LogP contribution < -0.4 is 0 Å². The minimum atomic E-state index is -3.69. The molecule has 4 nitrogen and oxygen atoms in total. The minimum Gasteiger partial charge on any atom is -0.300 e. The quantitative estimate of drug-likeness (QED) is 0.577. The smallest absolute Gasteiger partial charge is 0.296 e. The first-order chi connectivity index (χ1) is 7.92. The number of rotatable bonds is 6. The molecule has 1 aromatic carbocycles. The van der Waals surface area contributed by atoms with Crippen molar-refractivity contribution >= 4 is 15.9 Å². The van der Waals surface area contributed by atoms with Gasteiger partial charge in [0.15, 0.2) is 0 Å². The highest BCUT2D eigenvalue weighted by atomic mass is 32.2. The van der Waals surface area contributed by atoms with Crippen molar-refractivity contribution in [3.8, 4) is 0 Å². The lowest BCUT2D eigenvalue weighted by Crippen LogP contribution is -2.08. The lowest BCUT2D eigenvalue weighted by molar-refractivity contribution is -0.117. The summed E-state index contributed by atoms with van der Waals surface area (Å²) in [5.74, 6) is 0.0290. The maximum atomic E-state index is 11.7. The topological polar surface area (TPSA) is 60.4 Å². The van der Waals surface area contributed by atoms with Gasteiger partial charge in [0, 0.05) is 6.42 Å². The number of Topliss-reactive ketones (excluding diaryl/α,β-unsaturated/α-hetero) is 1. The molecule has 0 radical (unpaired) electrons. The third kappa shape index (κ3) is 4.66. The van der Waals surface area contributed by atoms with E-state index in [9.17, 15) is 13.2 Å². The third-order valence-corrected chi connectivity index (χ3v) is 3.55. The first kappa shape index (κ1) is 13.9. The van der Waals surface area contributed by atoms with Gasteiger partial charge in [-0.1, -0.05) is 17.7 Å². The molecule has 17 heavy (non-hydrogen) atoms. The molecule has 0 fully saturated rings. The van der Waals surface area contributed by atoms with Crippen LogP contribution in [0.15, 0.2) is 29.2 Å². The summed E-state index contributed by atoms with van der Waals surface area (Å²) in [5, 5.41) is 0. The molecule has 5 heteroatoms. The van der Waals surface area contributed by atoms with Crippen LogP contribution in [0.1, 0.15) is 25.3 Å². The Labute approximate surface area is 102 Å². The molecule has 0 heterocycles. The van der Waals surface area contributed by atoms with E-state index < -0.39 is 10.1 Å². The van der Waals surface area contributed by atoms with Crippen LogP contribution in [-0.4, -0.2) is 20.8 Å². The number of benzene rings is 1. The Balaban J connectivity index is 2.57. The van der Waals surface area contributed by atoms with E-state index in [0.29, 0.717) is 12.8 Å². The van der Waals surface area contributed by atoms with Crippen molar-refractivity contribution in [1.82, 2.24) is 0 Å². The highest BCUT2D eigenvalue weighted by Gasteiger charge is 2.14. The Hall–Kier alpha value is -1.20. The van der Waals surface area contributed by atoms with Crippen LogP contribution in [0, 0.1) is 6.92 Å². The van der Waals surface area contributed by atoms with Crippen LogP contribution in [0.3, 0.4) is 0 Å². The molecule has 0 atom stereocenters. The number of ketones is 1. The Morgan fingerprint density at radius 3 is 2.35 bits per heavy atom. The Morgan fingerprint density at radius 1 is 1.24 bits per heavy atom. The summed E-state index contributed by atoms with van der Waals surface area (Å²) in [7, 11) is -3.69. The Kier molecular flexibility index (Phi) is 4.84. The van der Waals surface area contributed by atoms with Gasteiger partial charge in [-0.15, -0.1) is 0 Å². The van der Waals surface area contributed by atoms with Gasteiger partial charge in [0.2, 0.25) is 0 Å². The largest absolute Gasteiger partial charge is 0.300 e. The predicted octanol–water partition coefficient (Wildman–Crippen LogP) is 2.07. The summed E-state index contributed by atoms with van der Waals surface area (Å²) in [6.07, 6.45) is 0.754. The fourth-order valence-electron chi connectivity index (χ4n) is 1.26. The van der Waals surface area contributed by atoms with Crippen LogP contribution in [0.4, 0.5) is 0 Å². The zero-order valence-electron chi connectivity index (χ0n) is 9.97. The number of hydrogen-bond donors (Lipinski definition) is 0. The lowest BCUT2D eigenvalue weighted by atomic mass is 10.2. The van der Waals surface area contributed by atoms with Crippen LogP contribution in [0.2, 0.25) is 0 Å². The van der Waals surface area contributed by atoms with Gasteiger partial charge in [0.25, 0.3) is 10.1 Å². The van der Waals surface area contributed by atoms with Crippen molar-refractivity contribution in [3.05, 3.63) is 29.8 Å². The van der Waals surface area contributed by atoms with Gasteiger partial charge in [0.05, 0.1) is 11.5 Å². The van der Waals surface area contributed by atoms with Gasteiger partial charge in [-0.2, -0.15) is 8.42 Å². The second kappa shape index (κ2) is 5.93. The van der Waals surface area contributed by atoms with Gasteiger partial charge in [0.1, 0.15) is 5.78 Å². The molecule has 0 unspecified atom stereocenters. The lowest BCUT2D eigenvalue weighted by Gasteiger charge is -2.05. The molecule has 94 valence electrons. The Morgan fingerprint density at radius 2 is 1.82 bits per heavy atom. The second-order valence-electron chi connectivity index (χ2n) is 3.89. The van der Waals surface area contributed by atoms with Gasteiger partial charge >= 0.3 is 0 Å². The summed E-state index contributed by atoms with van der Waals surface area (Å²) in [6.45, 7) is 3.38. The van der Waals surface area contributed by atoms with Crippen molar-refractivity contribution < 1.29 is 17.4 Å². The first-order valence-electron chi connectivity index (χ1n) is 5.37. The summed E-state index contributed by atoms with van der Waals surface area (Å²) < 4.78 is 28.2. The average molecular weight is 256 g/mol. The van der Waals surface area contributed by atoms with Crippen molar-refractivity contribution in [2.75, 3.05) is 6.61 Å². The third-order valence-electron chi connectivity index (χ3n) is 2.22. The normalized spacial score (nSPS) is 11.4. The fraction of sp³-hybridized carbons (Fsp3) is 0.417. The number of hydrogen-bond acceptors (Lipinski definition) is 4. The van der Waals surface area contributed by atoms with E-state index in [2.05, 4.69) is 0 Å². The summed E-state index contributed by atoms with van der Waals surface area (Å²) >= 11 is 0. The molecular weight excluding hydrogens is 240 g/mol. The summed E-state index contributed by atoms with van der Waals surface area (Å²) in [4.78, 5) is 10.8.